The zero-order chi connectivity index (χ0) is 8.43. The average molecular weight is 196 g/mol. The Labute approximate surface area is 72.6 Å². The van der Waals surface area contributed by atoms with Crippen LogP contribution in [0.2, 0.25) is 10.3 Å². The fourth-order valence-electron chi connectivity index (χ4n) is 0.594. The Bertz CT molecular complexity index is 280. The first kappa shape index (κ1) is 8.71. The molecule has 1 N–H and O–H groups in total. The molecule has 0 saturated heterocycles. The van der Waals surface area contributed by atoms with E-state index in [4.69, 9.17) is 28.3 Å². The summed E-state index contributed by atoms with van der Waals surface area (Å²) < 4.78 is 12.6. The van der Waals surface area contributed by atoms with Crippen LogP contribution in [0.3, 0.4) is 0 Å². The highest BCUT2D eigenvalue weighted by Gasteiger charge is 2.06. The number of aromatic nitrogens is 1. The van der Waals surface area contributed by atoms with Crippen molar-refractivity contribution in [1.82, 2.24) is 4.98 Å². The normalized spacial score (nSPS) is 10.2. The molecule has 1 aromatic rings. The van der Waals surface area contributed by atoms with Crippen LogP contribution in [-0.2, 0) is 6.61 Å². The highest BCUT2D eigenvalue weighted by molar-refractivity contribution is 6.32. The fourth-order valence-corrected chi connectivity index (χ4v) is 0.976. The van der Waals surface area contributed by atoms with Crippen molar-refractivity contribution in [3.8, 4) is 0 Å². The number of rotatable bonds is 1. The molecule has 0 bridgehead atoms. The topological polar surface area (TPSA) is 33.1 Å². The van der Waals surface area contributed by atoms with Gasteiger partial charge in [0.05, 0.1) is 6.61 Å². The SMILES string of the molecule is OCc1cc(F)c(Cl)nc1Cl. The fraction of sp³-hybridized carbons (Fsp3) is 0.167. The first-order chi connectivity index (χ1) is 5.15. The second-order valence-electron chi connectivity index (χ2n) is 1.87. The van der Waals surface area contributed by atoms with E-state index < -0.39 is 5.82 Å². The molecule has 0 atom stereocenters. The molecule has 0 saturated carbocycles. The highest BCUT2D eigenvalue weighted by Crippen LogP contribution is 2.19. The first-order valence-electron chi connectivity index (χ1n) is 2.76. The van der Waals surface area contributed by atoms with E-state index in [-0.39, 0.29) is 22.5 Å². The molecule has 60 valence electrons. The Hall–Kier alpha value is -0.380. The first-order valence-corrected chi connectivity index (χ1v) is 3.52. The van der Waals surface area contributed by atoms with Crippen molar-refractivity contribution in [2.45, 2.75) is 6.61 Å². The van der Waals surface area contributed by atoms with Crippen molar-refractivity contribution in [1.29, 1.82) is 0 Å². The predicted molar refractivity (Wildman–Crippen MR) is 40.1 cm³/mol. The van der Waals surface area contributed by atoms with Crippen molar-refractivity contribution < 1.29 is 9.50 Å². The van der Waals surface area contributed by atoms with Crippen LogP contribution in [0.4, 0.5) is 4.39 Å². The lowest BCUT2D eigenvalue weighted by Gasteiger charge is -1.99. The van der Waals surface area contributed by atoms with E-state index in [1.807, 2.05) is 0 Å². The maximum atomic E-state index is 12.6. The van der Waals surface area contributed by atoms with Gasteiger partial charge in [0.25, 0.3) is 0 Å². The summed E-state index contributed by atoms with van der Waals surface area (Å²) in [7, 11) is 0. The Morgan fingerprint density at radius 2 is 2.09 bits per heavy atom. The van der Waals surface area contributed by atoms with Gasteiger partial charge < -0.3 is 5.11 Å². The number of nitrogens with zero attached hydrogens (tertiary/aromatic N) is 1. The molecule has 0 aromatic carbocycles. The molecule has 0 aliphatic rings. The minimum Gasteiger partial charge on any atom is -0.392 e. The summed E-state index contributed by atoms with van der Waals surface area (Å²) in [6.45, 7) is -0.347. The Balaban J connectivity index is 3.21. The van der Waals surface area contributed by atoms with Crippen molar-refractivity contribution in [3.63, 3.8) is 0 Å². The third-order valence-electron chi connectivity index (χ3n) is 1.13. The van der Waals surface area contributed by atoms with Crippen molar-refractivity contribution in [3.05, 3.63) is 27.8 Å². The van der Waals surface area contributed by atoms with E-state index in [9.17, 15) is 4.39 Å². The van der Waals surface area contributed by atoms with E-state index in [0.717, 1.165) is 6.07 Å². The Kier molecular flexibility index (Phi) is 2.65. The van der Waals surface area contributed by atoms with Crippen molar-refractivity contribution in [2.24, 2.45) is 0 Å². The molecular weight excluding hydrogens is 192 g/mol. The lowest BCUT2D eigenvalue weighted by molar-refractivity contribution is 0.281. The van der Waals surface area contributed by atoms with Gasteiger partial charge in [-0.2, -0.15) is 0 Å². The number of hydrogen-bond acceptors (Lipinski definition) is 2. The van der Waals surface area contributed by atoms with Crippen LogP contribution in [0.25, 0.3) is 0 Å². The summed E-state index contributed by atoms with van der Waals surface area (Å²) in [4.78, 5) is 3.44. The van der Waals surface area contributed by atoms with Gasteiger partial charge in [0.2, 0.25) is 0 Å². The predicted octanol–water partition coefficient (Wildman–Crippen LogP) is 2.02. The summed E-state index contributed by atoms with van der Waals surface area (Å²) >= 11 is 10.8. The van der Waals surface area contributed by atoms with Gasteiger partial charge in [0.1, 0.15) is 5.15 Å². The van der Waals surface area contributed by atoms with E-state index in [2.05, 4.69) is 4.98 Å². The minimum atomic E-state index is -0.680. The minimum absolute atomic E-state index is 0.0268. The van der Waals surface area contributed by atoms with Gasteiger partial charge in [-0.25, -0.2) is 9.37 Å². The van der Waals surface area contributed by atoms with E-state index in [1.54, 1.807) is 0 Å². The lowest BCUT2D eigenvalue weighted by Crippen LogP contribution is -1.91. The Morgan fingerprint density at radius 3 is 2.64 bits per heavy atom. The van der Waals surface area contributed by atoms with Gasteiger partial charge in [-0.15, -0.1) is 0 Å². The largest absolute Gasteiger partial charge is 0.392 e. The van der Waals surface area contributed by atoms with Gasteiger partial charge in [0.15, 0.2) is 11.0 Å². The van der Waals surface area contributed by atoms with Gasteiger partial charge >= 0.3 is 0 Å². The Morgan fingerprint density at radius 1 is 1.45 bits per heavy atom. The number of halogens is 3. The lowest BCUT2D eigenvalue weighted by atomic mass is 10.3. The zero-order valence-corrected chi connectivity index (χ0v) is 6.82. The summed E-state index contributed by atoms with van der Waals surface area (Å²) in [5.41, 5.74) is 0.230. The maximum absolute atomic E-state index is 12.6. The molecule has 5 heteroatoms. The van der Waals surface area contributed by atoms with Crippen LogP contribution in [0.1, 0.15) is 5.56 Å². The monoisotopic (exact) mass is 195 g/mol. The number of aliphatic hydroxyl groups excluding tert-OH is 1. The molecule has 0 aliphatic carbocycles. The molecule has 1 aromatic heterocycles. The summed E-state index contributed by atoms with van der Waals surface area (Å²) in [5, 5.41) is 8.34. The molecule has 0 fully saturated rings. The standard InChI is InChI=1S/C6H4Cl2FNO/c7-5-3(2-11)1-4(9)6(8)10-5/h1,11H,2H2. The molecule has 0 aliphatic heterocycles. The van der Waals surface area contributed by atoms with E-state index in [0.29, 0.717) is 0 Å². The second kappa shape index (κ2) is 3.34. The zero-order valence-electron chi connectivity index (χ0n) is 5.31. The summed E-state index contributed by atoms with van der Waals surface area (Å²) in [6, 6.07) is 1.05. The van der Waals surface area contributed by atoms with Crippen LogP contribution in [0, 0.1) is 5.82 Å². The van der Waals surface area contributed by atoms with Crippen LogP contribution in [0.5, 0.6) is 0 Å². The second-order valence-corrected chi connectivity index (χ2v) is 2.59. The van der Waals surface area contributed by atoms with Crippen LogP contribution in [0.15, 0.2) is 6.07 Å². The van der Waals surface area contributed by atoms with Gasteiger partial charge in [0, 0.05) is 5.56 Å². The maximum Gasteiger partial charge on any atom is 0.166 e. The highest BCUT2D eigenvalue weighted by atomic mass is 35.5. The molecule has 1 heterocycles. The summed E-state index contributed by atoms with van der Waals surface area (Å²) in [6.07, 6.45) is 0. The molecule has 0 unspecified atom stereocenters. The third kappa shape index (κ3) is 1.80. The van der Waals surface area contributed by atoms with Crippen LogP contribution in [-0.4, -0.2) is 10.1 Å². The average Bonchev–Trinajstić information content (AvgIpc) is 1.97. The molecule has 2 nitrogen and oxygen atoms in total. The van der Waals surface area contributed by atoms with Crippen LogP contribution < -0.4 is 0 Å². The molecule has 0 amide bonds. The number of hydrogen-bond donors (Lipinski definition) is 1. The van der Waals surface area contributed by atoms with Crippen molar-refractivity contribution >= 4 is 23.2 Å². The van der Waals surface area contributed by atoms with Crippen molar-refractivity contribution in [2.75, 3.05) is 0 Å². The third-order valence-corrected chi connectivity index (χ3v) is 1.72. The molecular formula is C6H4Cl2FNO. The quantitative estimate of drug-likeness (QED) is 0.697. The molecule has 11 heavy (non-hydrogen) atoms. The van der Waals surface area contributed by atoms with Crippen LogP contribution >= 0.6 is 23.2 Å². The van der Waals surface area contributed by atoms with Gasteiger partial charge in [-0.3, -0.25) is 0 Å². The number of aliphatic hydroxyl groups is 1. The molecule has 0 radical (unpaired) electrons. The summed E-state index contributed by atoms with van der Waals surface area (Å²) in [5.74, 6) is -0.680. The smallest absolute Gasteiger partial charge is 0.166 e. The number of pyridine rings is 1. The van der Waals surface area contributed by atoms with Gasteiger partial charge in [-0.05, 0) is 6.07 Å². The molecule has 0 spiro atoms. The van der Waals surface area contributed by atoms with Gasteiger partial charge in [-0.1, -0.05) is 23.2 Å². The van der Waals surface area contributed by atoms with E-state index >= 15 is 0 Å². The molecule has 1 rings (SSSR count). The van der Waals surface area contributed by atoms with E-state index in [1.165, 1.54) is 0 Å².